The average Bonchev–Trinajstić information content (AvgIpc) is 3.39. The third-order valence-corrected chi connectivity index (χ3v) is 5.30. The number of benzene rings is 1. The maximum atomic E-state index is 12.6. The van der Waals surface area contributed by atoms with Gasteiger partial charge in [0.2, 0.25) is 0 Å². The van der Waals surface area contributed by atoms with Crippen LogP contribution in [0.2, 0.25) is 0 Å². The number of nitrogens with zero attached hydrogens (tertiary/aromatic N) is 4. The van der Waals surface area contributed by atoms with E-state index in [0.717, 1.165) is 43.1 Å². The zero-order valence-corrected chi connectivity index (χ0v) is 16.7. The van der Waals surface area contributed by atoms with Gasteiger partial charge in [-0.25, -0.2) is 9.67 Å². The molecule has 1 amide bonds. The molecule has 154 valence electrons. The molecule has 4 rings (SSSR count). The smallest absolute Gasteiger partial charge is 0.278 e. The maximum Gasteiger partial charge on any atom is 0.278 e. The number of hydrogen-bond acceptors (Lipinski definition) is 7. The first kappa shape index (κ1) is 19.5. The Morgan fingerprint density at radius 2 is 2.14 bits per heavy atom. The van der Waals surface area contributed by atoms with Crippen LogP contribution in [0.25, 0.3) is 0 Å². The van der Waals surface area contributed by atoms with Gasteiger partial charge >= 0.3 is 0 Å². The second-order valence-corrected chi connectivity index (χ2v) is 7.12. The zero-order valence-electron chi connectivity index (χ0n) is 16.7. The van der Waals surface area contributed by atoms with Gasteiger partial charge in [-0.3, -0.25) is 4.79 Å². The van der Waals surface area contributed by atoms with Gasteiger partial charge in [-0.1, -0.05) is 11.3 Å². The van der Waals surface area contributed by atoms with Gasteiger partial charge in [-0.2, -0.15) is 0 Å². The Bertz CT molecular complexity index is 918. The van der Waals surface area contributed by atoms with Crippen molar-refractivity contribution >= 4 is 17.4 Å². The van der Waals surface area contributed by atoms with Crippen LogP contribution in [-0.4, -0.2) is 60.8 Å². The van der Waals surface area contributed by atoms with Crippen LogP contribution in [0, 0.1) is 0 Å². The fraction of sp³-hybridized carbons (Fsp3) is 0.500. The van der Waals surface area contributed by atoms with Crippen LogP contribution in [0.3, 0.4) is 0 Å². The van der Waals surface area contributed by atoms with Gasteiger partial charge in [-0.15, -0.1) is 5.10 Å². The topological polar surface area (TPSA) is 99.9 Å². The van der Waals surface area contributed by atoms with Crippen LogP contribution in [0.15, 0.2) is 23.3 Å². The van der Waals surface area contributed by atoms with Gasteiger partial charge in [0.1, 0.15) is 11.6 Å². The Kier molecular flexibility index (Phi) is 5.86. The van der Waals surface area contributed by atoms with E-state index in [4.69, 9.17) is 19.2 Å². The van der Waals surface area contributed by atoms with E-state index in [-0.39, 0.29) is 11.6 Å². The van der Waals surface area contributed by atoms with Crippen molar-refractivity contribution in [3.05, 3.63) is 35.2 Å². The van der Waals surface area contributed by atoms with E-state index >= 15 is 0 Å². The number of ether oxygens (including phenoxy) is 3. The molecule has 2 aliphatic heterocycles. The molecule has 0 atom stereocenters. The minimum absolute atomic E-state index is 0.247. The molecule has 0 aliphatic carbocycles. The van der Waals surface area contributed by atoms with Crippen molar-refractivity contribution < 1.29 is 19.0 Å². The number of aliphatic imine (C=N–C) groups is 1. The highest BCUT2D eigenvalue weighted by molar-refractivity contribution is 6.08. The molecule has 1 aromatic carbocycles. The first-order valence-electron chi connectivity index (χ1n) is 9.75. The third kappa shape index (κ3) is 4.15. The SMILES string of the molecule is COCCn1cc(C(=O)NC2=Nc3c(C4CCOCC4)ccc(OC)c3C2)nn1. The largest absolute Gasteiger partial charge is 0.496 e. The first-order chi connectivity index (χ1) is 14.2. The summed E-state index contributed by atoms with van der Waals surface area (Å²) in [6.45, 7) is 2.56. The number of carbonyl (C=O) groups is 1. The van der Waals surface area contributed by atoms with Gasteiger partial charge in [0.05, 0.1) is 32.1 Å². The molecule has 1 saturated heterocycles. The Morgan fingerprint density at radius 1 is 1.31 bits per heavy atom. The molecule has 0 saturated carbocycles. The molecule has 1 fully saturated rings. The van der Waals surface area contributed by atoms with E-state index in [1.807, 2.05) is 6.07 Å². The highest BCUT2D eigenvalue weighted by atomic mass is 16.5. The maximum absolute atomic E-state index is 12.6. The molecule has 0 unspecified atom stereocenters. The van der Waals surface area contributed by atoms with E-state index in [1.165, 1.54) is 5.56 Å². The number of hydrogen-bond donors (Lipinski definition) is 1. The molecule has 0 spiro atoms. The lowest BCUT2D eigenvalue weighted by Gasteiger charge is -2.24. The first-order valence-corrected chi connectivity index (χ1v) is 9.75. The Balaban J connectivity index is 1.52. The monoisotopic (exact) mass is 399 g/mol. The second kappa shape index (κ2) is 8.71. The van der Waals surface area contributed by atoms with Crippen LogP contribution >= 0.6 is 0 Å². The number of carbonyl (C=O) groups excluding carboxylic acids is 1. The summed E-state index contributed by atoms with van der Waals surface area (Å²) >= 11 is 0. The average molecular weight is 399 g/mol. The lowest BCUT2D eigenvalue weighted by Crippen LogP contribution is -2.30. The summed E-state index contributed by atoms with van der Waals surface area (Å²) < 4.78 is 17.6. The molecule has 9 nitrogen and oxygen atoms in total. The third-order valence-electron chi connectivity index (χ3n) is 5.30. The summed E-state index contributed by atoms with van der Waals surface area (Å²) in [4.78, 5) is 17.3. The molecule has 2 aromatic rings. The van der Waals surface area contributed by atoms with Crippen molar-refractivity contribution in [2.24, 2.45) is 4.99 Å². The highest BCUT2D eigenvalue weighted by Gasteiger charge is 2.28. The molecular formula is C20H25N5O4. The molecule has 3 heterocycles. The van der Waals surface area contributed by atoms with Crippen molar-refractivity contribution in [3.8, 4) is 5.75 Å². The van der Waals surface area contributed by atoms with Gasteiger partial charge in [0.25, 0.3) is 5.91 Å². The molecule has 9 heteroatoms. The summed E-state index contributed by atoms with van der Waals surface area (Å²) in [7, 11) is 3.27. The van der Waals surface area contributed by atoms with E-state index in [9.17, 15) is 4.79 Å². The van der Waals surface area contributed by atoms with Gasteiger partial charge in [-0.05, 0) is 30.4 Å². The van der Waals surface area contributed by atoms with Crippen LogP contribution in [0.1, 0.15) is 40.4 Å². The fourth-order valence-electron chi connectivity index (χ4n) is 3.77. The molecule has 29 heavy (non-hydrogen) atoms. The van der Waals surface area contributed by atoms with E-state index < -0.39 is 0 Å². The number of amides is 1. The standard InChI is InChI=1S/C20H25N5O4/c1-27-10-7-25-12-16(23-24-25)20(26)22-18-11-15-17(28-2)4-3-14(19(15)21-18)13-5-8-29-9-6-13/h3-4,12-13H,5-11H2,1-2H3,(H,21,22,26). The van der Waals surface area contributed by atoms with E-state index in [0.29, 0.717) is 31.3 Å². The predicted molar refractivity (Wildman–Crippen MR) is 106 cm³/mol. The number of rotatable bonds is 6. The predicted octanol–water partition coefficient (Wildman–Crippen LogP) is 1.84. The minimum Gasteiger partial charge on any atom is -0.496 e. The summed E-state index contributed by atoms with van der Waals surface area (Å²) in [6, 6.07) is 4.08. The highest BCUT2D eigenvalue weighted by Crippen LogP contribution is 2.42. The molecule has 2 aliphatic rings. The molecule has 0 radical (unpaired) electrons. The molecule has 1 N–H and O–H groups in total. The van der Waals surface area contributed by atoms with E-state index in [2.05, 4.69) is 21.7 Å². The normalized spacial score (nSPS) is 16.4. The number of aromatic nitrogens is 3. The van der Waals surface area contributed by atoms with Crippen molar-refractivity contribution in [1.82, 2.24) is 20.3 Å². The molecular weight excluding hydrogens is 374 g/mol. The van der Waals surface area contributed by atoms with Gasteiger partial charge in [0.15, 0.2) is 5.69 Å². The van der Waals surface area contributed by atoms with E-state index in [1.54, 1.807) is 25.1 Å². The lowest BCUT2D eigenvalue weighted by atomic mass is 9.89. The van der Waals surface area contributed by atoms with Crippen molar-refractivity contribution in [3.63, 3.8) is 0 Å². The summed E-state index contributed by atoms with van der Waals surface area (Å²) in [5, 5.41) is 10.8. The minimum atomic E-state index is -0.327. The fourth-order valence-corrected chi connectivity index (χ4v) is 3.77. The van der Waals surface area contributed by atoms with Gasteiger partial charge in [0, 0.05) is 32.3 Å². The lowest BCUT2D eigenvalue weighted by molar-refractivity contribution is 0.0854. The molecule has 0 bridgehead atoms. The molecule has 1 aromatic heterocycles. The number of methoxy groups -OCH3 is 2. The zero-order chi connectivity index (χ0) is 20.2. The van der Waals surface area contributed by atoms with Crippen molar-refractivity contribution in [2.45, 2.75) is 31.7 Å². The number of nitrogens with one attached hydrogen (secondary N) is 1. The quantitative estimate of drug-likeness (QED) is 0.796. The Labute approximate surface area is 169 Å². The summed E-state index contributed by atoms with van der Waals surface area (Å²) in [5.41, 5.74) is 3.36. The van der Waals surface area contributed by atoms with Crippen LogP contribution in [-0.2, 0) is 22.4 Å². The second-order valence-electron chi connectivity index (χ2n) is 7.12. The van der Waals surface area contributed by atoms with Crippen molar-refractivity contribution in [1.29, 1.82) is 0 Å². The van der Waals surface area contributed by atoms with Crippen LogP contribution < -0.4 is 10.1 Å². The number of amidine groups is 1. The number of fused-ring (bicyclic) bond motifs is 1. The van der Waals surface area contributed by atoms with Crippen LogP contribution in [0.4, 0.5) is 5.69 Å². The van der Waals surface area contributed by atoms with Crippen LogP contribution in [0.5, 0.6) is 5.75 Å². The van der Waals surface area contributed by atoms with Gasteiger partial charge < -0.3 is 19.5 Å². The summed E-state index contributed by atoms with van der Waals surface area (Å²) in [5.74, 6) is 1.46. The van der Waals surface area contributed by atoms with Crippen molar-refractivity contribution in [2.75, 3.05) is 34.0 Å². The summed E-state index contributed by atoms with van der Waals surface area (Å²) in [6.07, 6.45) is 4.06. The Morgan fingerprint density at radius 3 is 2.90 bits per heavy atom. The Hall–Kier alpha value is -2.78.